The number of rotatable bonds is 4. The van der Waals surface area contributed by atoms with Crippen LogP contribution in [0, 0.1) is 29.6 Å². The fraction of sp³-hybridized carbons (Fsp3) is 0.632. The van der Waals surface area contributed by atoms with Crippen molar-refractivity contribution in [1.82, 2.24) is 0 Å². The van der Waals surface area contributed by atoms with Crippen LogP contribution in [-0.2, 0) is 9.53 Å². The highest BCUT2D eigenvalue weighted by Crippen LogP contribution is 2.55. The van der Waals surface area contributed by atoms with Crippen molar-refractivity contribution in [1.29, 1.82) is 0 Å². The van der Waals surface area contributed by atoms with Gasteiger partial charge in [-0.1, -0.05) is 41.9 Å². The largest absolute Gasteiger partial charge is 0.458 e. The summed E-state index contributed by atoms with van der Waals surface area (Å²) >= 11 is 3.43. The van der Waals surface area contributed by atoms with Crippen molar-refractivity contribution in [3.63, 3.8) is 0 Å². The van der Waals surface area contributed by atoms with Crippen LogP contribution in [0.25, 0.3) is 0 Å². The topological polar surface area (TPSA) is 26.3 Å². The third-order valence-electron chi connectivity index (χ3n) is 6.11. The molecule has 22 heavy (non-hydrogen) atoms. The Morgan fingerprint density at radius 3 is 2.50 bits per heavy atom. The summed E-state index contributed by atoms with van der Waals surface area (Å²) in [6.45, 7) is 6.68. The molecular weight excluding hydrogens is 340 g/mol. The third kappa shape index (κ3) is 3.10. The summed E-state index contributed by atoms with van der Waals surface area (Å²) in [5, 5.41) is 0. The Kier molecular flexibility index (Phi) is 4.63. The summed E-state index contributed by atoms with van der Waals surface area (Å²) in [6.07, 6.45) is 2.97. The van der Waals surface area contributed by atoms with E-state index in [0.717, 1.165) is 33.7 Å². The van der Waals surface area contributed by atoms with E-state index in [9.17, 15) is 4.79 Å². The summed E-state index contributed by atoms with van der Waals surface area (Å²) < 4.78 is 6.70. The molecule has 6 atom stereocenters. The van der Waals surface area contributed by atoms with Crippen LogP contribution in [0.2, 0.25) is 0 Å². The maximum Gasteiger partial charge on any atom is 0.306 e. The van der Waals surface area contributed by atoms with Gasteiger partial charge in [-0.3, -0.25) is 4.79 Å². The average Bonchev–Trinajstić information content (AvgIpc) is 3.00. The lowest BCUT2D eigenvalue weighted by molar-refractivity contribution is -0.150. The number of benzene rings is 1. The van der Waals surface area contributed by atoms with E-state index in [0.29, 0.717) is 12.3 Å². The van der Waals surface area contributed by atoms with E-state index in [4.69, 9.17) is 4.74 Å². The standard InChI is InChI=1S/C19H25BrO2/c1-11-12(2)18-9-15(11)8-16(18)10-19(21)22-13(3)14-4-6-17(20)7-5-14/h4-7,11-13,15-16,18H,8-10H2,1-3H3. The molecule has 2 aliphatic rings. The van der Waals surface area contributed by atoms with E-state index >= 15 is 0 Å². The van der Waals surface area contributed by atoms with E-state index in [1.807, 2.05) is 31.2 Å². The third-order valence-corrected chi connectivity index (χ3v) is 6.64. The van der Waals surface area contributed by atoms with Gasteiger partial charge in [0.1, 0.15) is 6.10 Å². The summed E-state index contributed by atoms with van der Waals surface area (Å²) in [7, 11) is 0. The minimum absolute atomic E-state index is 0.0344. The molecule has 2 aliphatic carbocycles. The molecule has 0 radical (unpaired) electrons. The fourth-order valence-corrected chi connectivity index (χ4v) is 4.85. The van der Waals surface area contributed by atoms with Crippen LogP contribution in [0.15, 0.2) is 28.7 Å². The number of hydrogen-bond acceptors (Lipinski definition) is 2. The summed E-state index contributed by atoms with van der Waals surface area (Å²) in [6, 6.07) is 7.98. The summed E-state index contributed by atoms with van der Waals surface area (Å²) in [5.41, 5.74) is 1.05. The molecule has 0 N–H and O–H groups in total. The van der Waals surface area contributed by atoms with Crippen LogP contribution in [0.5, 0.6) is 0 Å². The molecule has 0 aliphatic heterocycles. The zero-order valence-electron chi connectivity index (χ0n) is 13.6. The van der Waals surface area contributed by atoms with Gasteiger partial charge in [-0.05, 0) is 67.1 Å². The van der Waals surface area contributed by atoms with Gasteiger partial charge >= 0.3 is 5.97 Å². The molecule has 1 aromatic rings. The van der Waals surface area contributed by atoms with Gasteiger partial charge in [0, 0.05) is 10.9 Å². The Bertz CT molecular complexity index is 537. The molecule has 0 spiro atoms. The van der Waals surface area contributed by atoms with Crippen molar-refractivity contribution in [2.75, 3.05) is 0 Å². The van der Waals surface area contributed by atoms with Crippen molar-refractivity contribution >= 4 is 21.9 Å². The van der Waals surface area contributed by atoms with E-state index < -0.39 is 0 Å². The van der Waals surface area contributed by atoms with Crippen LogP contribution in [0.4, 0.5) is 0 Å². The molecule has 0 heterocycles. The normalized spacial score (nSPS) is 34.6. The number of halogens is 1. The Morgan fingerprint density at radius 2 is 1.91 bits per heavy atom. The molecule has 3 heteroatoms. The molecular formula is C19H25BrO2. The molecule has 0 saturated heterocycles. The van der Waals surface area contributed by atoms with E-state index in [2.05, 4.69) is 29.8 Å². The second-order valence-electron chi connectivity index (χ2n) is 7.26. The van der Waals surface area contributed by atoms with Gasteiger partial charge in [0.15, 0.2) is 0 Å². The quantitative estimate of drug-likeness (QED) is 0.671. The molecule has 0 amide bonds. The number of carbonyl (C=O) groups is 1. The first-order valence-electron chi connectivity index (χ1n) is 8.40. The van der Waals surface area contributed by atoms with Gasteiger partial charge in [0.2, 0.25) is 0 Å². The summed E-state index contributed by atoms with van der Waals surface area (Å²) in [5.74, 6) is 3.67. The van der Waals surface area contributed by atoms with Gasteiger partial charge in [0.05, 0.1) is 0 Å². The SMILES string of the molecule is CC(OC(=O)CC1CC2CC1C(C)C2C)c1ccc(Br)cc1. The maximum absolute atomic E-state index is 12.3. The van der Waals surface area contributed by atoms with Crippen LogP contribution in [0.3, 0.4) is 0 Å². The highest BCUT2D eigenvalue weighted by atomic mass is 79.9. The lowest BCUT2D eigenvalue weighted by Gasteiger charge is -2.31. The minimum Gasteiger partial charge on any atom is -0.458 e. The van der Waals surface area contributed by atoms with E-state index in [-0.39, 0.29) is 12.1 Å². The molecule has 2 nitrogen and oxygen atoms in total. The molecule has 6 unspecified atom stereocenters. The second kappa shape index (κ2) is 6.35. The number of ether oxygens (including phenoxy) is 1. The predicted octanol–water partition coefficient (Wildman–Crippen LogP) is 5.37. The van der Waals surface area contributed by atoms with Crippen molar-refractivity contribution < 1.29 is 9.53 Å². The zero-order chi connectivity index (χ0) is 15.9. The van der Waals surface area contributed by atoms with Crippen molar-refractivity contribution in [3.05, 3.63) is 34.3 Å². The number of carbonyl (C=O) groups excluding carboxylic acids is 1. The summed E-state index contributed by atoms with van der Waals surface area (Å²) in [4.78, 5) is 12.3. The van der Waals surface area contributed by atoms with E-state index in [1.165, 1.54) is 12.8 Å². The number of hydrogen-bond donors (Lipinski definition) is 0. The Morgan fingerprint density at radius 1 is 1.23 bits per heavy atom. The minimum atomic E-state index is -0.171. The Hall–Kier alpha value is -0.830. The number of fused-ring (bicyclic) bond motifs is 2. The monoisotopic (exact) mass is 364 g/mol. The first-order valence-corrected chi connectivity index (χ1v) is 9.20. The second-order valence-corrected chi connectivity index (χ2v) is 8.18. The van der Waals surface area contributed by atoms with Crippen molar-refractivity contribution in [2.45, 2.75) is 46.1 Å². The molecule has 0 aromatic heterocycles. The maximum atomic E-state index is 12.3. The van der Waals surface area contributed by atoms with Crippen LogP contribution in [0.1, 0.15) is 51.7 Å². The van der Waals surface area contributed by atoms with Crippen LogP contribution < -0.4 is 0 Å². The van der Waals surface area contributed by atoms with Gasteiger partial charge in [-0.25, -0.2) is 0 Å². The Balaban J connectivity index is 1.54. The van der Waals surface area contributed by atoms with Crippen molar-refractivity contribution in [2.24, 2.45) is 29.6 Å². The predicted molar refractivity (Wildman–Crippen MR) is 91.3 cm³/mol. The van der Waals surface area contributed by atoms with Gasteiger partial charge in [0.25, 0.3) is 0 Å². The molecule has 2 saturated carbocycles. The van der Waals surface area contributed by atoms with E-state index in [1.54, 1.807) is 0 Å². The molecule has 120 valence electrons. The molecule has 2 fully saturated rings. The van der Waals surface area contributed by atoms with Crippen LogP contribution in [-0.4, -0.2) is 5.97 Å². The fourth-order valence-electron chi connectivity index (χ4n) is 4.59. The Labute approximate surface area is 141 Å². The van der Waals surface area contributed by atoms with Gasteiger partial charge < -0.3 is 4.74 Å². The smallest absolute Gasteiger partial charge is 0.306 e. The zero-order valence-corrected chi connectivity index (χ0v) is 15.2. The highest BCUT2D eigenvalue weighted by Gasteiger charge is 2.49. The first kappa shape index (κ1) is 16.0. The average molecular weight is 365 g/mol. The number of esters is 1. The van der Waals surface area contributed by atoms with Crippen LogP contribution >= 0.6 is 15.9 Å². The molecule has 3 rings (SSSR count). The van der Waals surface area contributed by atoms with Gasteiger partial charge in [-0.2, -0.15) is 0 Å². The first-order chi connectivity index (χ1) is 10.5. The van der Waals surface area contributed by atoms with Gasteiger partial charge in [-0.15, -0.1) is 0 Å². The van der Waals surface area contributed by atoms with Crippen molar-refractivity contribution in [3.8, 4) is 0 Å². The lowest BCUT2D eigenvalue weighted by Crippen LogP contribution is -2.26. The molecule has 1 aromatic carbocycles. The molecule has 2 bridgehead atoms. The lowest BCUT2D eigenvalue weighted by atomic mass is 9.74. The highest BCUT2D eigenvalue weighted by molar-refractivity contribution is 9.10.